The lowest BCUT2D eigenvalue weighted by atomic mass is 10.2. The van der Waals surface area contributed by atoms with Crippen LogP contribution in [0.3, 0.4) is 0 Å². The summed E-state index contributed by atoms with van der Waals surface area (Å²) in [6.45, 7) is 5.25. The molecule has 2 N–H and O–H groups in total. The average molecular weight is 490 g/mol. The van der Waals surface area contributed by atoms with Crippen LogP contribution in [0, 0.1) is 13.8 Å². The van der Waals surface area contributed by atoms with Gasteiger partial charge in [0.15, 0.2) is 0 Å². The number of amides is 2. The molecule has 1 atom stereocenters. The van der Waals surface area contributed by atoms with Crippen LogP contribution < -0.4 is 10.6 Å². The second-order valence-electron chi connectivity index (χ2n) is 6.41. The Kier molecular flexibility index (Phi) is 6.62. The molecule has 0 aromatic carbocycles. The lowest BCUT2D eigenvalue weighted by Gasteiger charge is -2.11. The zero-order valence-corrected chi connectivity index (χ0v) is 18.7. The second kappa shape index (κ2) is 8.89. The quantitative estimate of drug-likeness (QED) is 0.524. The van der Waals surface area contributed by atoms with Crippen molar-refractivity contribution in [2.75, 3.05) is 5.32 Å². The van der Waals surface area contributed by atoms with Gasteiger partial charge in [0.25, 0.3) is 11.8 Å². The summed E-state index contributed by atoms with van der Waals surface area (Å²) in [7, 11) is 0. The molecule has 0 radical (unpaired) electrons. The molecule has 164 valence electrons. The lowest BCUT2D eigenvalue weighted by Crippen LogP contribution is -2.26. The summed E-state index contributed by atoms with van der Waals surface area (Å²) in [6.07, 6.45) is -2.58. The van der Waals surface area contributed by atoms with E-state index in [-0.39, 0.29) is 16.6 Å². The molecule has 7 nitrogen and oxygen atoms in total. The zero-order chi connectivity index (χ0) is 22.9. The van der Waals surface area contributed by atoms with Gasteiger partial charge in [0.2, 0.25) is 0 Å². The van der Waals surface area contributed by atoms with Gasteiger partial charge in [-0.15, -0.1) is 22.7 Å². The van der Waals surface area contributed by atoms with E-state index < -0.39 is 28.7 Å². The van der Waals surface area contributed by atoms with Crippen molar-refractivity contribution in [3.63, 3.8) is 0 Å². The molecule has 0 aliphatic heterocycles. The third-order valence-electron chi connectivity index (χ3n) is 3.98. The van der Waals surface area contributed by atoms with Gasteiger partial charge >= 0.3 is 6.18 Å². The summed E-state index contributed by atoms with van der Waals surface area (Å²) in [4.78, 5) is 37.5. The second-order valence-corrected chi connectivity index (χ2v) is 9.08. The highest BCUT2D eigenvalue weighted by Gasteiger charge is 2.34. The van der Waals surface area contributed by atoms with Gasteiger partial charge in [-0.3, -0.25) is 9.59 Å². The highest BCUT2D eigenvalue weighted by atomic mass is 35.5. The predicted molar refractivity (Wildman–Crippen MR) is 112 cm³/mol. The van der Waals surface area contributed by atoms with Crippen LogP contribution in [0.4, 0.5) is 19.0 Å². The van der Waals surface area contributed by atoms with Gasteiger partial charge in [-0.05, 0) is 26.8 Å². The van der Waals surface area contributed by atoms with E-state index in [0.29, 0.717) is 21.6 Å². The number of thiazole rings is 2. The Hall–Kier alpha value is -2.57. The maximum absolute atomic E-state index is 13.0. The number of hydrogen-bond acceptors (Lipinski definition) is 7. The van der Waals surface area contributed by atoms with Crippen molar-refractivity contribution in [1.82, 2.24) is 20.3 Å². The van der Waals surface area contributed by atoms with Crippen LogP contribution in [-0.2, 0) is 6.18 Å². The number of pyridine rings is 1. The van der Waals surface area contributed by atoms with E-state index in [1.54, 1.807) is 20.8 Å². The molecule has 0 aliphatic rings. The fraction of sp³-hybridized carbons (Fsp3) is 0.278. The van der Waals surface area contributed by atoms with E-state index in [0.717, 1.165) is 22.5 Å². The molecule has 2 amide bonds. The van der Waals surface area contributed by atoms with Crippen LogP contribution in [0.2, 0.25) is 5.02 Å². The van der Waals surface area contributed by atoms with E-state index in [1.807, 2.05) is 0 Å². The highest BCUT2D eigenvalue weighted by Crippen LogP contribution is 2.35. The molecule has 3 rings (SSSR count). The average Bonchev–Trinajstić information content (AvgIpc) is 3.29. The summed E-state index contributed by atoms with van der Waals surface area (Å²) < 4.78 is 38.9. The smallest absolute Gasteiger partial charge is 0.342 e. The molecule has 0 bridgehead atoms. The first kappa shape index (κ1) is 23.1. The minimum atomic E-state index is -4.68. The number of nitrogens with zero attached hydrogens (tertiary/aromatic N) is 3. The van der Waals surface area contributed by atoms with Crippen molar-refractivity contribution >= 4 is 51.9 Å². The van der Waals surface area contributed by atoms with Crippen molar-refractivity contribution in [2.24, 2.45) is 0 Å². The van der Waals surface area contributed by atoms with E-state index in [9.17, 15) is 22.8 Å². The Labute approximate surface area is 187 Å². The summed E-state index contributed by atoms with van der Waals surface area (Å²) >= 11 is 7.80. The van der Waals surface area contributed by atoms with Gasteiger partial charge in [0, 0.05) is 6.20 Å². The fourth-order valence-electron chi connectivity index (χ4n) is 2.56. The molecule has 13 heteroatoms. The Morgan fingerprint density at radius 1 is 1.13 bits per heavy atom. The monoisotopic (exact) mass is 489 g/mol. The standard InChI is InChI=1S/C18H15ClF3N5O2S2/c1-7-14(30-9(3)25-7)16(29)26-8(2)17-24-6-12(31-17)15(28)27-13-4-10(18(20,21)22)11(19)5-23-13/h4-6,8H,1-3H3,(H,26,29)(H,23,27,28)/t8-/m1/s1. The largest absolute Gasteiger partial charge is 0.418 e. The molecule has 0 fully saturated rings. The molecule has 0 aliphatic carbocycles. The van der Waals surface area contributed by atoms with Crippen molar-refractivity contribution in [1.29, 1.82) is 0 Å². The Morgan fingerprint density at radius 3 is 2.45 bits per heavy atom. The summed E-state index contributed by atoms with van der Waals surface area (Å²) in [5, 5.41) is 5.75. The van der Waals surface area contributed by atoms with Crippen molar-refractivity contribution < 1.29 is 22.8 Å². The third kappa shape index (κ3) is 5.38. The van der Waals surface area contributed by atoms with Gasteiger partial charge in [-0.25, -0.2) is 15.0 Å². The number of rotatable bonds is 5. The molecular formula is C18H15ClF3N5O2S2. The van der Waals surface area contributed by atoms with E-state index in [2.05, 4.69) is 25.6 Å². The molecule has 31 heavy (non-hydrogen) atoms. The van der Waals surface area contributed by atoms with Crippen LogP contribution in [0.25, 0.3) is 0 Å². The zero-order valence-electron chi connectivity index (χ0n) is 16.3. The summed E-state index contributed by atoms with van der Waals surface area (Å²) in [5.41, 5.74) is -0.477. The highest BCUT2D eigenvalue weighted by molar-refractivity contribution is 7.14. The lowest BCUT2D eigenvalue weighted by molar-refractivity contribution is -0.137. The van der Waals surface area contributed by atoms with Gasteiger partial charge in [-0.1, -0.05) is 11.6 Å². The topological polar surface area (TPSA) is 96.9 Å². The maximum Gasteiger partial charge on any atom is 0.418 e. The van der Waals surface area contributed by atoms with Gasteiger partial charge in [-0.2, -0.15) is 13.2 Å². The summed E-state index contributed by atoms with van der Waals surface area (Å²) in [6, 6.07) is 0.163. The Bertz CT molecular complexity index is 1150. The number of aryl methyl sites for hydroxylation is 2. The van der Waals surface area contributed by atoms with E-state index >= 15 is 0 Å². The number of halogens is 4. The molecule has 0 saturated heterocycles. The van der Waals surface area contributed by atoms with Gasteiger partial charge < -0.3 is 10.6 Å². The number of hydrogen-bond donors (Lipinski definition) is 2. The van der Waals surface area contributed by atoms with Crippen molar-refractivity contribution in [2.45, 2.75) is 33.0 Å². The SMILES string of the molecule is Cc1nc(C)c(C(=O)N[C@H](C)c2ncc(C(=O)Nc3cc(C(F)(F)F)c(Cl)cn3)s2)s1. The first-order valence-electron chi connectivity index (χ1n) is 8.70. The Balaban J connectivity index is 1.69. The van der Waals surface area contributed by atoms with Crippen LogP contribution in [-0.4, -0.2) is 26.8 Å². The maximum atomic E-state index is 13.0. The molecule has 3 heterocycles. The van der Waals surface area contributed by atoms with E-state index in [1.165, 1.54) is 17.5 Å². The minimum absolute atomic E-state index is 0.145. The minimum Gasteiger partial charge on any atom is -0.342 e. The molecule has 0 spiro atoms. The van der Waals surface area contributed by atoms with Crippen LogP contribution in [0.1, 0.15) is 53.6 Å². The van der Waals surface area contributed by atoms with Crippen molar-refractivity contribution in [3.8, 4) is 0 Å². The molecule has 0 saturated carbocycles. The number of alkyl halides is 3. The van der Waals surface area contributed by atoms with Crippen LogP contribution in [0.5, 0.6) is 0 Å². The first-order chi connectivity index (χ1) is 14.5. The number of nitrogens with one attached hydrogen (secondary N) is 2. The number of carbonyl (C=O) groups excluding carboxylic acids is 2. The predicted octanol–water partition coefficient (Wildman–Crippen LogP) is 5.03. The van der Waals surface area contributed by atoms with E-state index in [4.69, 9.17) is 11.6 Å². The first-order valence-corrected chi connectivity index (χ1v) is 10.7. The fourth-order valence-corrected chi connectivity index (χ4v) is 4.41. The number of aromatic nitrogens is 3. The molecule has 3 aromatic heterocycles. The summed E-state index contributed by atoms with van der Waals surface area (Å²) in [5.74, 6) is -1.28. The third-order valence-corrected chi connectivity index (χ3v) is 6.53. The van der Waals surface area contributed by atoms with Gasteiger partial charge in [0.05, 0.1) is 33.5 Å². The number of carbonyl (C=O) groups is 2. The Morgan fingerprint density at radius 2 is 1.84 bits per heavy atom. The van der Waals surface area contributed by atoms with Crippen molar-refractivity contribution in [3.05, 3.63) is 54.5 Å². The van der Waals surface area contributed by atoms with Crippen LogP contribution in [0.15, 0.2) is 18.5 Å². The normalized spacial score (nSPS) is 12.5. The molecule has 3 aromatic rings. The molecular weight excluding hydrogens is 475 g/mol. The van der Waals surface area contributed by atoms with Gasteiger partial charge in [0.1, 0.15) is 20.6 Å². The van der Waals surface area contributed by atoms with Crippen LogP contribution >= 0.6 is 34.3 Å². The molecule has 0 unspecified atom stereocenters. The number of anilines is 1.